The van der Waals surface area contributed by atoms with Crippen molar-refractivity contribution < 1.29 is 14.6 Å². The predicted molar refractivity (Wildman–Crippen MR) is 118 cm³/mol. The first-order valence-electron chi connectivity index (χ1n) is 12.6. The Labute approximate surface area is 182 Å². The summed E-state index contributed by atoms with van der Waals surface area (Å²) in [5, 5.41) is 10.2. The summed E-state index contributed by atoms with van der Waals surface area (Å²) in [5.74, 6) is 2.66. The van der Waals surface area contributed by atoms with Crippen LogP contribution in [-0.4, -0.2) is 35.9 Å². The van der Waals surface area contributed by atoms with Gasteiger partial charge in [-0.25, -0.2) is 0 Å². The Morgan fingerprint density at radius 3 is 2.53 bits per heavy atom. The Bertz CT molecular complexity index is 628. The molecule has 0 aromatic rings. The number of carbonyl (C=O) groups is 1. The maximum atomic E-state index is 12.7. The van der Waals surface area contributed by atoms with Gasteiger partial charge in [0.1, 0.15) is 12.1 Å². The van der Waals surface area contributed by atoms with Gasteiger partial charge in [-0.05, 0) is 106 Å². The molecule has 9 atom stereocenters. The number of hydrogen-bond acceptors (Lipinski definition) is 5. The first-order chi connectivity index (χ1) is 14.3. The summed E-state index contributed by atoms with van der Waals surface area (Å²) >= 11 is 0. The molecule has 0 aromatic heterocycles. The third kappa shape index (κ3) is 3.84. The zero-order chi connectivity index (χ0) is 21.5. The number of carbonyl (C=O) groups excluding carboxylic acids is 1. The van der Waals surface area contributed by atoms with Gasteiger partial charge in [0.05, 0.1) is 6.10 Å². The molecule has 5 N–H and O–H groups in total. The van der Waals surface area contributed by atoms with Crippen LogP contribution < -0.4 is 11.5 Å². The predicted octanol–water partition coefficient (Wildman–Crippen LogP) is 3.76. The van der Waals surface area contributed by atoms with Gasteiger partial charge in [-0.2, -0.15) is 0 Å². The minimum Gasteiger partial charge on any atom is -0.461 e. The van der Waals surface area contributed by atoms with E-state index in [0.29, 0.717) is 30.2 Å². The molecule has 3 unspecified atom stereocenters. The summed E-state index contributed by atoms with van der Waals surface area (Å²) in [6.07, 6.45) is 12.7. The number of rotatable bonds is 6. The quantitative estimate of drug-likeness (QED) is 0.449. The third-order valence-electron chi connectivity index (χ3n) is 10.1. The van der Waals surface area contributed by atoms with Crippen molar-refractivity contribution in [2.45, 2.75) is 109 Å². The van der Waals surface area contributed by atoms with Crippen LogP contribution in [0.5, 0.6) is 0 Å². The van der Waals surface area contributed by atoms with Crippen molar-refractivity contribution in [3.63, 3.8) is 0 Å². The number of hydrogen-bond donors (Lipinski definition) is 3. The summed E-state index contributed by atoms with van der Waals surface area (Å²) < 4.78 is 6.07. The number of aliphatic hydroxyl groups is 1. The summed E-state index contributed by atoms with van der Waals surface area (Å²) in [5.41, 5.74) is 12.2. The van der Waals surface area contributed by atoms with Gasteiger partial charge in [0.25, 0.3) is 0 Å². The van der Waals surface area contributed by atoms with Crippen molar-refractivity contribution in [1.82, 2.24) is 0 Å². The lowest BCUT2D eigenvalue weighted by Crippen LogP contribution is -2.54. The highest BCUT2D eigenvalue weighted by Crippen LogP contribution is 2.66. The fourth-order valence-electron chi connectivity index (χ4n) is 8.24. The molecule has 0 aliphatic heterocycles. The third-order valence-corrected chi connectivity index (χ3v) is 10.1. The number of aliphatic hydroxyl groups excluding tert-OH is 1. The van der Waals surface area contributed by atoms with Crippen molar-refractivity contribution in [3.05, 3.63) is 0 Å². The van der Waals surface area contributed by atoms with E-state index in [0.717, 1.165) is 50.4 Å². The van der Waals surface area contributed by atoms with E-state index in [-0.39, 0.29) is 23.6 Å². The monoisotopic (exact) mass is 420 g/mol. The smallest absolute Gasteiger partial charge is 0.323 e. The summed E-state index contributed by atoms with van der Waals surface area (Å²) in [6.45, 7) is 5.55. The Morgan fingerprint density at radius 2 is 1.77 bits per heavy atom. The maximum Gasteiger partial charge on any atom is 0.323 e. The second-order valence-electron chi connectivity index (χ2n) is 11.5. The molecule has 0 amide bonds. The molecule has 0 bridgehead atoms. The van der Waals surface area contributed by atoms with E-state index in [9.17, 15) is 9.90 Å². The molecule has 172 valence electrons. The molecule has 5 nitrogen and oxygen atoms in total. The first-order valence-corrected chi connectivity index (χ1v) is 12.6. The average Bonchev–Trinajstić information content (AvgIpc) is 3.05. The molecule has 4 rings (SSSR count). The van der Waals surface area contributed by atoms with Crippen LogP contribution in [0.4, 0.5) is 0 Å². The van der Waals surface area contributed by atoms with Crippen molar-refractivity contribution in [2.75, 3.05) is 6.54 Å². The summed E-state index contributed by atoms with van der Waals surface area (Å²) in [7, 11) is 0. The van der Waals surface area contributed by atoms with Gasteiger partial charge >= 0.3 is 5.97 Å². The van der Waals surface area contributed by atoms with E-state index in [1.807, 2.05) is 0 Å². The molecule has 0 saturated heterocycles. The van der Waals surface area contributed by atoms with Gasteiger partial charge in [0, 0.05) is 5.41 Å². The van der Waals surface area contributed by atoms with Gasteiger partial charge in [-0.3, -0.25) is 4.79 Å². The molecular weight excluding hydrogens is 376 g/mol. The molecule has 0 aromatic carbocycles. The van der Waals surface area contributed by atoms with Crippen LogP contribution in [0.1, 0.15) is 90.9 Å². The average molecular weight is 421 g/mol. The molecule has 4 aliphatic carbocycles. The summed E-state index contributed by atoms with van der Waals surface area (Å²) in [6, 6.07) is -0.515. The fraction of sp³-hybridized carbons (Fsp3) is 0.960. The molecule has 30 heavy (non-hydrogen) atoms. The normalized spacial score (nSPS) is 46.4. The number of fused-ring (bicyclic) bond motifs is 5. The lowest BCUT2D eigenvalue weighted by atomic mass is 9.45. The van der Waals surface area contributed by atoms with E-state index < -0.39 is 6.04 Å². The van der Waals surface area contributed by atoms with Crippen LogP contribution in [0.15, 0.2) is 0 Å². The van der Waals surface area contributed by atoms with Crippen molar-refractivity contribution in [1.29, 1.82) is 0 Å². The molecule has 0 spiro atoms. The lowest BCUT2D eigenvalue weighted by molar-refractivity contribution is -0.166. The van der Waals surface area contributed by atoms with E-state index in [1.54, 1.807) is 0 Å². The highest BCUT2D eigenvalue weighted by molar-refractivity contribution is 5.75. The van der Waals surface area contributed by atoms with E-state index >= 15 is 0 Å². The van der Waals surface area contributed by atoms with Crippen LogP contribution in [0.25, 0.3) is 0 Å². The molecular formula is C25H44N2O3. The van der Waals surface area contributed by atoms with E-state index in [4.69, 9.17) is 16.2 Å². The Kier molecular flexibility index (Phi) is 6.54. The standard InChI is InChI=1S/C25H44N2O3/c1-24-12-10-17(28)15-16(24)6-7-18-19-8-9-22(25(19,2)13-11-20(18)24)30-23(29)21(27)5-3-4-14-26/h16-22,28H,3-15,26-27H2,1-2H3/t16-,17-,18?,19?,20?,21+,22-,24-,25-/m0/s1. The van der Waals surface area contributed by atoms with Gasteiger partial charge in [-0.15, -0.1) is 0 Å². The largest absolute Gasteiger partial charge is 0.461 e. The van der Waals surface area contributed by atoms with Crippen molar-refractivity contribution >= 4 is 5.97 Å². The minimum absolute atomic E-state index is 0.0233. The fourth-order valence-corrected chi connectivity index (χ4v) is 8.24. The molecule has 5 heteroatoms. The lowest BCUT2D eigenvalue weighted by Gasteiger charge is -2.60. The van der Waals surface area contributed by atoms with Crippen LogP contribution in [-0.2, 0) is 9.53 Å². The number of nitrogens with two attached hydrogens (primary N) is 2. The second kappa shape index (κ2) is 8.71. The van der Waals surface area contributed by atoms with Crippen LogP contribution in [0.2, 0.25) is 0 Å². The second-order valence-corrected chi connectivity index (χ2v) is 11.5. The van der Waals surface area contributed by atoms with Crippen LogP contribution >= 0.6 is 0 Å². The van der Waals surface area contributed by atoms with Crippen LogP contribution in [0, 0.1) is 34.5 Å². The highest BCUT2D eigenvalue weighted by Gasteiger charge is 2.61. The number of esters is 1. The van der Waals surface area contributed by atoms with Gasteiger partial charge < -0.3 is 21.3 Å². The zero-order valence-corrected chi connectivity index (χ0v) is 19.2. The summed E-state index contributed by atoms with van der Waals surface area (Å²) in [4.78, 5) is 12.7. The van der Waals surface area contributed by atoms with Gasteiger partial charge in [0.2, 0.25) is 0 Å². The highest BCUT2D eigenvalue weighted by atomic mass is 16.5. The Morgan fingerprint density at radius 1 is 1.03 bits per heavy atom. The number of ether oxygens (including phenoxy) is 1. The molecule has 4 aliphatic rings. The van der Waals surface area contributed by atoms with Gasteiger partial charge in [0.15, 0.2) is 0 Å². The van der Waals surface area contributed by atoms with Gasteiger partial charge in [-0.1, -0.05) is 20.3 Å². The Hall–Kier alpha value is -0.650. The molecule has 4 saturated carbocycles. The van der Waals surface area contributed by atoms with Crippen LogP contribution in [0.3, 0.4) is 0 Å². The maximum absolute atomic E-state index is 12.7. The topological polar surface area (TPSA) is 98.6 Å². The zero-order valence-electron chi connectivity index (χ0n) is 19.2. The van der Waals surface area contributed by atoms with E-state index in [1.165, 1.54) is 32.1 Å². The van der Waals surface area contributed by atoms with Crippen molar-refractivity contribution in [2.24, 2.45) is 46.0 Å². The Balaban J connectivity index is 1.42. The van der Waals surface area contributed by atoms with Crippen molar-refractivity contribution in [3.8, 4) is 0 Å². The molecule has 0 heterocycles. The molecule has 4 fully saturated rings. The molecule has 0 radical (unpaired) electrons. The number of unbranched alkanes of at least 4 members (excludes halogenated alkanes) is 1. The minimum atomic E-state index is -0.515. The van der Waals surface area contributed by atoms with E-state index in [2.05, 4.69) is 13.8 Å². The SMILES string of the molecule is C[C@]12CCC3C(CC[C@H]4C[C@@H](O)CC[C@]34C)C1CC[C@@H]2OC(=O)[C@H](N)CCCCN. The first kappa shape index (κ1) is 22.5.